The van der Waals surface area contributed by atoms with Crippen molar-refractivity contribution < 1.29 is 9.53 Å². The lowest BCUT2D eigenvalue weighted by molar-refractivity contribution is 0.00758. The molecule has 0 unspecified atom stereocenters. The Balaban J connectivity index is 2.90. The molecule has 0 spiro atoms. The third kappa shape index (κ3) is 3.94. The highest BCUT2D eigenvalue weighted by atomic mass is 16.6. The van der Waals surface area contributed by atoms with Crippen molar-refractivity contribution in [2.75, 3.05) is 6.54 Å². The predicted octanol–water partition coefficient (Wildman–Crippen LogP) is 3.37. The van der Waals surface area contributed by atoms with Gasteiger partial charge in [-0.3, -0.25) is 0 Å². The average Bonchev–Trinajstić information content (AvgIpc) is 2.31. The van der Waals surface area contributed by atoms with Gasteiger partial charge in [-0.25, -0.2) is 4.79 Å². The van der Waals surface area contributed by atoms with E-state index in [-0.39, 0.29) is 6.04 Å². The van der Waals surface area contributed by atoms with Gasteiger partial charge in [-0.1, -0.05) is 10.2 Å². The second-order valence-electron chi connectivity index (χ2n) is 5.67. The van der Waals surface area contributed by atoms with Crippen LogP contribution in [0.3, 0.4) is 0 Å². The summed E-state index contributed by atoms with van der Waals surface area (Å²) in [5, 5.41) is 7.30. The molecule has 1 saturated heterocycles. The maximum absolute atomic E-state index is 12.1. The molecule has 0 aromatic carbocycles. The van der Waals surface area contributed by atoms with Gasteiger partial charge in [-0.05, 0) is 45.2 Å². The highest BCUT2D eigenvalue weighted by Gasteiger charge is 2.38. The van der Waals surface area contributed by atoms with Crippen LogP contribution >= 0.6 is 0 Å². The number of hydrogen-bond donors (Lipinski definition) is 0. The molecule has 110 valence electrons. The molecule has 1 rings (SSSR count). The number of carbonyl (C=O) groups excluding carboxylic acids is 1. The Labute approximate surface area is 117 Å². The van der Waals surface area contributed by atoms with E-state index in [4.69, 9.17) is 15.8 Å². The van der Waals surface area contributed by atoms with E-state index in [2.05, 4.69) is 20.1 Å². The van der Waals surface area contributed by atoms with Crippen LogP contribution in [0.5, 0.6) is 0 Å². The number of nitrogens with zero attached hydrogens (tertiary/aromatic N) is 7. The quantitative estimate of drug-likeness (QED) is 0.436. The van der Waals surface area contributed by atoms with E-state index in [1.807, 2.05) is 0 Å². The maximum Gasteiger partial charge on any atom is 0.410 e. The molecule has 0 N–H and O–H groups in total. The van der Waals surface area contributed by atoms with Gasteiger partial charge in [0.15, 0.2) is 0 Å². The molecule has 0 radical (unpaired) electrons. The van der Waals surface area contributed by atoms with Crippen molar-refractivity contribution in [3.63, 3.8) is 0 Å². The minimum absolute atomic E-state index is 0.384. The van der Waals surface area contributed by atoms with Crippen molar-refractivity contribution >= 4 is 6.09 Å². The van der Waals surface area contributed by atoms with Crippen molar-refractivity contribution in [2.24, 2.45) is 10.2 Å². The number of likely N-dealkylation sites (tertiary alicyclic amines) is 1. The number of hydrogen-bond acceptors (Lipinski definition) is 4. The lowest BCUT2D eigenvalue weighted by atomic mass is 9.94. The van der Waals surface area contributed by atoms with Crippen LogP contribution in [0.4, 0.5) is 4.79 Å². The molecule has 1 fully saturated rings. The minimum Gasteiger partial charge on any atom is -0.444 e. The zero-order valence-electron chi connectivity index (χ0n) is 12.1. The van der Waals surface area contributed by atoms with Crippen LogP contribution in [-0.2, 0) is 4.74 Å². The fraction of sp³-hybridized carbons (Fsp3) is 0.909. The highest BCUT2D eigenvalue weighted by molar-refractivity contribution is 5.68. The number of ether oxygens (including phenoxy) is 1. The molecular weight excluding hydrogens is 262 g/mol. The van der Waals surface area contributed by atoms with E-state index < -0.39 is 23.8 Å². The molecule has 20 heavy (non-hydrogen) atoms. The first-order chi connectivity index (χ1) is 9.30. The second-order valence-corrected chi connectivity index (χ2v) is 5.67. The average molecular weight is 281 g/mol. The number of carbonyl (C=O) groups is 1. The van der Waals surface area contributed by atoms with Crippen molar-refractivity contribution in [1.29, 1.82) is 0 Å². The Bertz CT molecular complexity index is 460. The van der Waals surface area contributed by atoms with Crippen LogP contribution in [0.2, 0.25) is 0 Å². The summed E-state index contributed by atoms with van der Waals surface area (Å²) in [7, 11) is 0. The van der Waals surface area contributed by atoms with E-state index in [9.17, 15) is 4.79 Å². The molecule has 0 saturated carbocycles. The summed E-state index contributed by atoms with van der Waals surface area (Å²) in [4.78, 5) is 19.1. The van der Waals surface area contributed by atoms with Gasteiger partial charge < -0.3 is 9.64 Å². The van der Waals surface area contributed by atoms with E-state index in [1.165, 1.54) is 4.90 Å². The van der Waals surface area contributed by atoms with Crippen molar-refractivity contribution in [1.82, 2.24) is 4.90 Å². The van der Waals surface area contributed by atoms with Gasteiger partial charge in [0.1, 0.15) is 5.60 Å². The zero-order chi connectivity index (χ0) is 15.3. The third-order valence-corrected chi connectivity index (χ3v) is 3.06. The summed E-state index contributed by atoms with van der Waals surface area (Å²) in [6, 6.07) is -1.41. The smallest absolute Gasteiger partial charge is 0.410 e. The molecule has 1 aliphatic heterocycles. The van der Waals surface area contributed by atoms with Crippen LogP contribution < -0.4 is 0 Å². The van der Waals surface area contributed by atoms with Gasteiger partial charge in [0.05, 0.1) is 6.04 Å². The molecule has 0 bridgehead atoms. The SMILES string of the molecule is C[C@@H]1[C@H](N=[N+]=[N-])[C@H](N=[N+]=[N-])CCN1C(=O)OC(C)(C)C. The third-order valence-electron chi connectivity index (χ3n) is 3.06. The summed E-state index contributed by atoms with van der Waals surface area (Å²) in [5.41, 5.74) is 16.6. The van der Waals surface area contributed by atoms with Crippen LogP contribution in [0.1, 0.15) is 34.1 Å². The molecule has 3 atom stereocenters. The highest BCUT2D eigenvalue weighted by Crippen LogP contribution is 2.25. The fourth-order valence-electron chi connectivity index (χ4n) is 2.16. The summed E-state index contributed by atoms with van der Waals surface area (Å²) in [5.74, 6) is 0. The normalized spacial score (nSPS) is 26.2. The maximum atomic E-state index is 12.1. The first kappa shape index (κ1) is 15.9. The Morgan fingerprint density at radius 3 is 2.40 bits per heavy atom. The van der Waals surface area contributed by atoms with Crippen molar-refractivity contribution in [2.45, 2.75) is 57.8 Å². The number of amides is 1. The molecule has 1 amide bonds. The molecule has 1 heterocycles. The predicted molar refractivity (Wildman–Crippen MR) is 72.9 cm³/mol. The molecular formula is C11H19N7O2. The van der Waals surface area contributed by atoms with Gasteiger partial charge in [-0.2, -0.15) is 0 Å². The largest absolute Gasteiger partial charge is 0.444 e. The van der Waals surface area contributed by atoms with Gasteiger partial charge in [-0.15, -0.1) is 0 Å². The lowest BCUT2D eigenvalue weighted by Crippen LogP contribution is -2.54. The Morgan fingerprint density at radius 1 is 1.30 bits per heavy atom. The number of azide groups is 2. The lowest BCUT2D eigenvalue weighted by Gasteiger charge is -2.40. The summed E-state index contributed by atoms with van der Waals surface area (Å²) >= 11 is 0. The Morgan fingerprint density at radius 2 is 1.90 bits per heavy atom. The molecule has 0 aromatic rings. The Hall–Kier alpha value is -2.11. The van der Waals surface area contributed by atoms with E-state index in [0.29, 0.717) is 13.0 Å². The van der Waals surface area contributed by atoms with E-state index in [0.717, 1.165) is 0 Å². The molecule has 9 heteroatoms. The summed E-state index contributed by atoms with van der Waals surface area (Å²) in [6.45, 7) is 7.51. The summed E-state index contributed by atoms with van der Waals surface area (Å²) in [6.07, 6.45) is -0.0142. The van der Waals surface area contributed by atoms with Crippen molar-refractivity contribution in [3.8, 4) is 0 Å². The molecule has 1 aliphatic rings. The first-order valence-electron chi connectivity index (χ1n) is 6.38. The van der Waals surface area contributed by atoms with Crippen LogP contribution in [0.15, 0.2) is 10.2 Å². The molecule has 0 aliphatic carbocycles. The standard InChI is InChI=1S/C11H19N7O2/c1-7-9(15-17-13)8(14-16-12)5-6-18(7)10(19)20-11(2,3)4/h7-9H,5-6H2,1-4H3/t7-,8-,9+/m1/s1. The van der Waals surface area contributed by atoms with Gasteiger partial charge >= 0.3 is 6.09 Å². The topological polar surface area (TPSA) is 127 Å². The first-order valence-corrected chi connectivity index (χ1v) is 6.38. The minimum atomic E-state index is -0.591. The van der Waals surface area contributed by atoms with Gasteiger partial charge in [0.25, 0.3) is 0 Å². The van der Waals surface area contributed by atoms with Crippen LogP contribution in [0.25, 0.3) is 20.9 Å². The van der Waals surface area contributed by atoms with Gasteiger partial charge in [0.2, 0.25) is 0 Å². The summed E-state index contributed by atoms with van der Waals surface area (Å²) < 4.78 is 5.32. The van der Waals surface area contributed by atoms with E-state index >= 15 is 0 Å². The monoisotopic (exact) mass is 281 g/mol. The van der Waals surface area contributed by atoms with Gasteiger partial charge in [0, 0.05) is 28.5 Å². The number of rotatable bonds is 2. The molecule has 9 nitrogen and oxygen atoms in total. The molecule has 0 aromatic heterocycles. The van der Waals surface area contributed by atoms with E-state index in [1.54, 1.807) is 27.7 Å². The van der Waals surface area contributed by atoms with Crippen LogP contribution in [-0.4, -0.2) is 41.3 Å². The fourth-order valence-corrected chi connectivity index (χ4v) is 2.16. The number of piperidine rings is 1. The van der Waals surface area contributed by atoms with Crippen molar-refractivity contribution in [3.05, 3.63) is 20.9 Å². The van der Waals surface area contributed by atoms with Crippen LogP contribution in [0, 0.1) is 0 Å². The Kier molecular flexibility index (Phi) is 5.07. The second kappa shape index (κ2) is 6.36. The zero-order valence-corrected chi connectivity index (χ0v) is 12.1.